The van der Waals surface area contributed by atoms with Crippen LogP contribution in [0, 0.1) is 11.7 Å². The number of rotatable bonds is 7. The first-order chi connectivity index (χ1) is 17.0. The summed E-state index contributed by atoms with van der Waals surface area (Å²) in [6, 6.07) is 17.6. The average Bonchev–Trinajstić information content (AvgIpc) is 2.83. The molecular weight excluding hydrogens is 505 g/mol. The number of carbonyl (C=O) groups excluding carboxylic acids is 1. The largest absolute Gasteiger partial charge is 0.388 e. The van der Waals surface area contributed by atoms with Gasteiger partial charge in [-0.2, -0.15) is 8.42 Å². The van der Waals surface area contributed by atoms with Crippen LogP contribution in [0.15, 0.2) is 60.7 Å². The fraction of sp³-hybridized carbons (Fsp3) is 0.370. The molecule has 1 fully saturated rings. The van der Waals surface area contributed by atoms with Crippen molar-refractivity contribution in [3.05, 3.63) is 82.6 Å². The van der Waals surface area contributed by atoms with E-state index in [2.05, 4.69) is 11.0 Å². The van der Waals surface area contributed by atoms with Crippen molar-refractivity contribution in [2.45, 2.75) is 31.8 Å². The van der Waals surface area contributed by atoms with Gasteiger partial charge in [-0.1, -0.05) is 29.8 Å². The summed E-state index contributed by atoms with van der Waals surface area (Å²) in [5.74, 6) is -0.0283. The average molecular weight is 536 g/mol. The number of piperidine rings is 1. The molecule has 0 saturated carbocycles. The van der Waals surface area contributed by atoms with Gasteiger partial charge >= 0.3 is 0 Å². The summed E-state index contributed by atoms with van der Waals surface area (Å²) in [6.45, 7) is 2.72. The molecule has 0 spiro atoms. The molecule has 0 radical (unpaired) electrons. The minimum Gasteiger partial charge on any atom is -0.388 e. The van der Waals surface area contributed by atoms with Gasteiger partial charge in [0, 0.05) is 17.0 Å². The number of Topliss-reactive ketones (excluding diaryl/α,β-unsaturated/α-hetero) is 1. The predicted molar refractivity (Wildman–Crippen MR) is 141 cm³/mol. The molecule has 0 amide bonds. The maximum Gasteiger partial charge on any atom is 0.261 e. The van der Waals surface area contributed by atoms with Gasteiger partial charge in [-0.15, -0.1) is 0 Å². The Morgan fingerprint density at radius 3 is 2.28 bits per heavy atom. The monoisotopic (exact) mass is 535 g/mol. The Balaban J connectivity index is 0.000000658. The molecule has 1 unspecified atom stereocenters. The quantitative estimate of drug-likeness (QED) is 0.304. The Morgan fingerprint density at radius 2 is 1.64 bits per heavy atom. The highest BCUT2D eigenvalue weighted by atomic mass is 35.5. The number of likely N-dealkylation sites (tertiary alicyclic amines) is 1. The van der Waals surface area contributed by atoms with Crippen LogP contribution in [0.3, 0.4) is 0 Å². The van der Waals surface area contributed by atoms with Crippen LogP contribution >= 0.6 is 11.6 Å². The van der Waals surface area contributed by atoms with Gasteiger partial charge in [0.1, 0.15) is 5.82 Å². The number of aliphatic hydroxyl groups is 1. The van der Waals surface area contributed by atoms with Gasteiger partial charge in [-0.05, 0) is 104 Å². The van der Waals surface area contributed by atoms with Gasteiger partial charge in [0.2, 0.25) is 0 Å². The zero-order chi connectivity index (χ0) is 26.3. The van der Waals surface area contributed by atoms with Crippen LogP contribution in [0.2, 0.25) is 5.02 Å². The highest BCUT2D eigenvalue weighted by Crippen LogP contribution is 2.32. The van der Waals surface area contributed by atoms with Crippen molar-refractivity contribution in [2.75, 3.05) is 25.9 Å². The van der Waals surface area contributed by atoms with E-state index in [-0.39, 0.29) is 17.5 Å². The van der Waals surface area contributed by atoms with E-state index in [9.17, 15) is 22.7 Å². The van der Waals surface area contributed by atoms with Crippen LogP contribution in [0.4, 0.5) is 4.39 Å². The van der Waals surface area contributed by atoms with Gasteiger partial charge < -0.3 is 10.0 Å². The number of halogens is 2. The van der Waals surface area contributed by atoms with Crippen LogP contribution in [0.25, 0.3) is 10.8 Å². The standard InChI is InChI=1S/C26H27ClFNO2.CH4O3S/c27-23-8-5-20-16-22(4-3-21(20)17-23)26(31)19-11-14-29(15-12-19)13-1-2-25(30)18-6-9-24(28)10-7-18;1-5(2,3)4/h3-10,16-17,19,26,31H,1-2,11-15H2;1H3,(H,2,3,4). The molecule has 9 heteroatoms. The Morgan fingerprint density at radius 1 is 1.06 bits per heavy atom. The highest BCUT2D eigenvalue weighted by molar-refractivity contribution is 7.85. The Hall–Kier alpha value is -2.36. The summed E-state index contributed by atoms with van der Waals surface area (Å²) in [6.07, 6.45) is 3.37. The third kappa shape index (κ3) is 8.94. The van der Waals surface area contributed by atoms with Crippen LogP contribution in [-0.2, 0) is 10.1 Å². The van der Waals surface area contributed by atoms with Crippen molar-refractivity contribution in [3.63, 3.8) is 0 Å². The maximum atomic E-state index is 13.0. The molecule has 1 aliphatic heterocycles. The Labute approximate surface area is 216 Å². The molecule has 0 aliphatic carbocycles. The maximum absolute atomic E-state index is 13.0. The van der Waals surface area contributed by atoms with Gasteiger partial charge in [0.25, 0.3) is 10.1 Å². The van der Waals surface area contributed by atoms with Crippen LogP contribution in [0.5, 0.6) is 0 Å². The minimum absolute atomic E-state index is 0.0582. The number of hydrogen-bond donors (Lipinski definition) is 2. The van der Waals surface area contributed by atoms with Crippen molar-refractivity contribution in [3.8, 4) is 0 Å². The summed E-state index contributed by atoms with van der Waals surface area (Å²) in [5, 5.41) is 13.8. The molecule has 36 heavy (non-hydrogen) atoms. The van der Waals surface area contributed by atoms with Gasteiger partial charge in [-0.3, -0.25) is 9.35 Å². The lowest BCUT2D eigenvalue weighted by molar-refractivity contribution is 0.0584. The number of nitrogens with zero attached hydrogens (tertiary/aromatic N) is 1. The first-order valence-corrected chi connectivity index (χ1v) is 14.0. The van der Waals surface area contributed by atoms with Gasteiger partial charge in [-0.25, -0.2) is 4.39 Å². The topological polar surface area (TPSA) is 94.9 Å². The minimum atomic E-state index is -3.67. The van der Waals surface area contributed by atoms with E-state index in [1.807, 2.05) is 30.3 Å². The Bertz CT molecular complexity index is 1270. The molecule has 0 aromatic heterocycles. The normalized spacial score (nSPS) is 15.8. The molecular formula is C27H31ClFNO5S. The fourth-order valence-corrected chi connectivity index (χ4v) is 4.61. The fourth-order valence-electron chi connectivity index (χ4n) is 4.43. The van der Waals surface area contributed by atoms with Crippen molar-refractivity contribution < 1.29 is 27.3 Å². The van der Waals surface area contributed by atoms with E-state index in [0.717, 1.165) is 55.2 Å². The number of hydrogen-bond acceptors (Lipinski definition) is 5. The van der Waals surface area contributed by atoms with E-state index >= 15 is 0 Å². The van der Waals surface area contributed by atoms with Crippen molar-refractivity contribution in [2.24, 2.45) is 5.92 Å². The summed E-state index contributed by atoms with van der Waals surface area (Å²) in [4.78, 5) is 14.6. The molecule has 3 aromatic rings. The van der Waals surface area contributed by atoms with E-state index in [4.69, 9.17) is 16.2 Å². The van der Waals surface area contributed by atoms with E-state index < -0.39 is 16.2 Å². The van der Waals surface area contributed by atoms with E-state index in [1.54, 1.807) is 12.1 Å². The SMILES string of the molecule is CS(=O)(=O)O.O=C(CCCN1CCC(C(O)c2ccc3cc(Cl)ccc3c2)CC1)c1ccc(F)cc1. The van der Waals surface area contributed by atoms with Crippen molar-refractivity contribution >= 4 is 38.3 Å². The zero-order valence-corrected chi connectivity index (χ0v) is 21.7. The second-order valence-corrected chi connectivity index (χ2v) is 11.0. The molecule has 3 aromatic carbocycles. The molecule has 1 atom stereocenters. The first-order valence-electron chi connectivity index (χ1n) is 11.8. The molecule has 0 bridgehead atoms. The summed E-state index contributed by atoms with van der Waals surface area (Å²) >= 11 is 6.06. The summed E-state index contributed by atoms with van der Waals surface area (Å²) in [7, 11) is -3.67. The highest BCUT2D eigenvalue weighted by Gasteiger charge is 2.26. The van der Waals surface area contributed by atoms with E-state index in [1.165, 1.54) is 12.1 Å². The number of ketones is 1. The lowest BCUT2D eigenvalue weighted by atomic mass is 9.86. The molecule has 6 nitrogen and oxygen atoms in total. The molecule has 194 valence electrons. The van der Waals surface area contributed by atoms with Crippen LogP contribution < -0.4 is 0 Å². The third-order valence-electron chi connectivity index (χ3n) is 6.29. The number of fused-ring (bicyclic) bond motifs is 1. The van der Waals surface area contributed by atoms with Crippen molar-refractivity contribution in [1.29, 1.82) is 0 Å². The van der Waals surface area contributed by atoms with Gasteiger partial charge in [0.05, 0.1) is 12.4 Å². The smallest absolute Gasteiger partial charge is 0.261 e. The van der Waals surface area contributed by atoms with Crippen molar-refractivity contribution in [1.82, 2.24) is 4.90 Å². The van der Waals surface area contributed by atoms with E-state index in [0.29, 0.717) is 23.3 Å². The van der Waals surface area contributed by atoms with Gasteiger partial charge in [0.15, 0.2) is 5.78 Å². The number of carbonyl (C=O) groups is 1. The number of benzene rings is 3. The zero-order valence-electron chi connectivity index (χ0n) is 20.1. The molecule has 1 aliphatic rings. The molecule has 1 heterocycles. The Kier molecular flexibility index (Phi) is 9.99. The predicted octanol–water partition coefficient (Wildman–Crippen LogP) is 5.54. The molecule has 1 saturated heterocycles. The van der Waals surface area contributed by atoms with Crippen LogP contribution in [0.1, 0.15) is 47.7 Å². The first kappa shape index (κ1) is 28.2. The second-order valence-electron chi connectivity index (χ2n) is 9.14. The lowest BCUT2D eigenvalue weighted by Gasteiger charge is -2.34. The number of aliphatic hydroxyl groups excluding tert-OH is 1. The summed E-state index contributed by atoms with van der Waals surface area (Å²) < 4.78 is 38.9. The molecule has 4 rings (SSSR count). The molecule has 2 N–H and O–H groups in total. The third-order valence-corrected chi connectivity index (χ3v) is 6.53. The second kappa shape index (κ2) is 12.7. The summed E-state index contributed by atoms with van der Waals surface area (Å²) in [5.41, 5.74) is 1.53. The lowest BCUT2D eigenvalue weighted by Crippen LogP contribution is -2.36. The van der Waals surface area contributed by atoms with Crippen LogP contribution in [-0.4, -0.2) is 54.7 Å².